The molecule has 0 bridgehead atoms. The number of nitrogens with one attached hydrogen (secondary N) is 1. The molecule has 1 aliphatic rings. The van der Waals surface area contributed by atoms with Gasteiger partial charge >= 0.3 is 5.97 Å². The molecule has 8 atom stereocenters. The van der Waals surface area contributed by atoms with E-state index in [0.29, 0.717) is 19.3 Å². The molecule has 1 heterocycles. The van der Waals surface area contributed by atoms with E-state index in [-0.39, 0.29) is 19.4 Å². The Hall–Kier alpha value is -3.42. The lowest BCUT2D eigenvalue weighted by Gasteiger charge is -2.41. The molecule has 0 spiro atoms. The Balaban J connectivity index is 2.64. The minimum Gasteiger partial charge on any atom is -0.454 e. The summed E-state index contributed by atoms with van der Waals surface area (Å²) < 4.78 is 17.6. The quantitative estimate of drug-likeness (QED) is 0.0195. The third kappa shape index (κ3) is 48.2. The molecular weight excluding hydrogens is 1060 g/mol. The molecule has 8 unspecified atom stereocenters. The number of esters is 1. The summed E-state index contributed by atoms with van der Waals surface area (Å²) in [6, 6.07) is -1.04. The van der Waals surface area contributed by atoms with Crippen LogP contribution in [0.5, 0.6) is 0 Å². The van der Waals surface area contributed by atoms with E-state index in [4.69, 9.17) is 14.2 Å². The molecule has 0 aromatic carbocycles. The predicted octanol–water partition coefficient (Wildman–Crippen LogP) is 17.8. The highest BCUT2D eigenvalue weighted by Gasteiger charge is 2.47. The normalized spacial score (nSPS) is 19.0. The highest BCUT2D eigenvalue weighted by molar-refractivity contribution is 5.80. The van der Waals surface area contributed by atoms with E-state index in [2.05, 4.69) is 99.0 Å². The van der Waals surface area contributed by atoms with Gasteiger partial charge in [-0.2, -0.15) is 0 Å². The number of aliphatic hydroxyl groups is 5. The van der Waals surface area contributed by atoms with Gasteiger partial charge in [-0.15, -0.1) is 0 Å². The van der Waals surface area contributed by atoms with Crippen molar-refractivity contribution in [1.29, 1.82) is 0 Å². The fraction of sp³-hybridized carbons (Fsp3) is 0.757. The summed E-state index contributed by atoms with van der Waals surface area (Å²) in [6.07, 6.45) is 71.8. The third-order valence-electron chi connectivity index (χ3n) is 16.0. The van der Waals surface area contributed by atoms with Crippen molar-refractivity contribution < 1.29 is 49.3 Å². The molecule has 11 nitrogen and oxygen atoms in total. The highest BCUT2D eigenvalue weighted by Crippen LogP contribution is 2.26. The molecule has 0 saturated carbocycles. The van der Waals surface area contributed by atoms with Gasteiger partial charge in [0.25, 0.3) is 0 Å². The maximum absolute atomic E-state index is 13.5. The van der Waals surface area contributed by atoms with Gasteiger partial charge in [0.1, 0.15) is 24.4 Å². The molecule has 11 heteroatoms. The first-order valence-electron chi connectivity index (χ1n) is 35.0. The van der Waals surface area contributed by atoms with Gasteiger partial charge < -0.3 is 45.1 Å². The van der Waals surface area contributed by atoms with Crippen molar-refractivity contribution in [1.82, 2.24) is 5.32 Å². The number of amides is 1. The Morgan fingerprint density at radius 2 is 0.847 bits per heavy atom. The molecule has 0 aromatic heterocycles. The summed E-state index contributed by atoms with van der Waals surface area (Å²) in [5.74, 6) is -1.28. The van der Waals surface area contributed by atoms with Gasteiger partial charge in [-0.3, -0.25) is 9.59 Å². The van der Waals surface area contributed by atoms with Crippen LogP contribution in [-0.2, 0) is 23.8 Å². The molecular formula is C74H129NO10. The van der Waals surface area contributed by atoms with E-state index in [0.717, 1.165) is 70.6 Å². The van der Waals surface area contributed by atoms with Crippen LogP contribution in [0, 0.1) is 0 Å². The number of carbonyl (C=O) groups is 2. The number of allylic oxidation sites excluding steroid dienone is 15. The van der Waals surface area contributed by atoms with Crippen molar-refractivity contribution in [2.45, 2.75) is 346 Å². The van der Waals surface area contributed by atoms with E-state index < -0.39 is 67.4 Å². The zero-order valence-corrected chi connectivity index (χ0v) is 54.5. The third-order valence-corrected chi connectivity index (χ3v) is 16.0. The van der Waals surface area contributed by atoms with Crippen LogP contribution in [0.3, 0.4) is 0 Å². The Labute approximate surface area is 520 Å². The smallest absolute Gasteiger partial charge is 0.306 e. The molecule has 0 aromatic rings. The summed E-state index contributed by atoms with van der Waals surface area (Å²) in [6.45, 7) is 5.66. The second-order valence-corrected chi connectivity index (χ2v) is 23.9. The first kappa shape index (κ1) is 79.6. The summed E-state index contributed by atoms with van der Waals surface area (Å²) >= 11 is 0. The minimum atomic E-state index is -1.65. The van der Waals surface area contributed by atoms with E-state index in [1.807, 2.05) is 18.2 Å². The topological polar surface area (TPSA) is 175 Å². The average molecular weight is 1190 g/mol. The van der Waals surface area contributed by atoms with E-state index in [1.165, 1.54) is 173 Å². The van der Waals surface area contributed by atoms with Crippen LogP contribution in [0.25, 0.3) is 0 Å². The SMILES string of the molecule is CC/C=C\C/C=C\C/C=C\C/C=C\C/C=C\C/C=C\CCC(=O)OC1C(OCC(NC(=O)C(O)CCCCCCCCCCCCCCCC/C=C/CCCCCCCC)C(O)/C=C/CCCCCCCCCCCCC)OC(CO)C(O)C1O. The van der Waals surface area contributed by atoms with Gasteiger partial charge in [0.2, 0.25) is 5.91 Å². The maximum atomic E-state index is 13.5. The van der Waals surface area contributed by atoms with Crippen LogP contribution in [0.4, 0.5) is 0 Å². The molecule has 1 aliphatic heterocycles. The van der Waals surface area contributed by atoms with Crippen molar-refractivity contribution in [3.05, 3.63) is 97.2 Å². The summed E-state index contributed by atoms with van der Waals surface area (Å²) in [5.41, 5.74) is 0. The molecule has 1 saturated heterocycles. The van der Waals surface area contributed by atoms with Crippen LogP contribution >= 0.6 is 0 Å². The first-order valence-corrected chi connectivity index (χ1v) is 35.0. The molecule has 1 amide bonds. The van der Waals surface area contributed by atoms with E-state index in [9.17, 15) is 35.1 Å². The van der Waals surface area contributed by atoms with Crippen LogP contribution < -0.4 is 5.32 Å². The fourth-order valence-electron chi connectivity index (χ4n) is 10.5. The van der Waals surface area contributed by atoms with Gasteiger partial charge in [-0.05, 0) is 89.9 Å². The van der Waals surface area contributed by atoms with Gasteiger partial charge in [0, 0.05) is 6.42 Å². The van der Waals surface area contributed by atoms with Gasteiger partial charge in [0.15, 0.2) is 12.4 Å². The second kappa shape index (κ2) is 60.8. The average Bonchev–Trinajstić information content (AvgIpc) is 2.49. The van der Waals surface area contributed by atoms with Crippen LogP contribution in [0.15, 0.2) is 97.2 Å². The number of carbonyl (C=O) groups excluding carboxylic acids is 2. The van der Waals surface area contributed by atoms with Gasteiger partial charge in [-0.25, -0.2) is 0 Å². The molecule has 1 fully saturated rings. The van der Waals surface area contributed by atoms with E-state index in [1.54, 1.807) is 6.08 Å². The lowest BCUT2D eigenvalue weighted by atomic mass is 9.99. The van der Waals surface area contributed by atoms with Crippen molar-refractivity contribution in [2.24, 2.45) is 0 Å². The molecule has 6 N–H and O–H groups in total. The number of hydrogen-bond donors (Lipinski definition) is 6. The van der Waals surface area contributed by atoms with Crippen molar-refractivity contribution >= 4 is 11.9 Å². The van der Waals surface area contributed by atoms with Crippen LogP contribution in [-0.4, -0.2) is 99.6 Å². The van der Waals surface area contributed by atoms with Gasteiger partial charge in [0.05, 0.1) is 25.4 Å². The van der Waals surface area contributed by atoms with Crippen LogP contribution in [0.1, 0.15) is 297 Å². The van der Waals surface area contributed by atoms with Crippen molar-refractivity contribution in [3.63, 3.8) is 0 Å². The Morgan fingerprint density at radius 3 is 1.27 bits per heavy atom. The zero-order valence-electron chi connectivity index (χ0n) is 54.5. The molecule has 1 rings (SSSR count). The fourth-order valence-corrected chi connectivity index (χ4v) is 10.5. The molecule has 0 radical (unpaired) electrons. The number of hydrogen-bond acceptors (Lipinski definition) is 10. The minimum absolute atomic E-state index is 0.00474. The lowest BCUT2D eigenvalue weighted by Crippen LogP contribution is -2.61. The Bertz CT molecular complexity index is 1750. The van der Waals surface area contributed by atoms with Gasteiger partial charge in [-0.1, -0.05) is 298 Å². The maximum Gasteiger partial charge on any atom is 0.306 e. The largest absolute Gasteiger partial charge is 0.454 e. The monoisotopic (exact) mass is 1190 g/mol. The Kier molecular flexibility index (Phi) is 57.0. The molecule has 490 valence electrons. The highest BCUT2D eigenvalue weighted by atomic mass is 16.7. The lowest BCUT2D eigenvalue weighted by molar-refractivity contribution is -0.305. The Morgan fingerprint density at radius 1 is 0.471 bits per heavy atom. The first-order chi connectivity index (χ1) is 41.7. The summed E-state index contributed by atoms with van der Waals surface area (Å²) in [7, 11) is 0. The van der Waals surface area contributed by atoms with Crippen LogP contribution in [0.2, 0.25) is 0 Å². The van der Waals surface area contributed by atoms with E-state index >= 15 is 0 Å². The summed E-state index contributed by atoms with van der Waals surface area (Å²) in [5, 5.41) is 57.2. The molecule has 85 heavy (non-hydrogen) atoms. The number of aliphatic hydroxyl groups excluding tert-OH is 5. The number of ether oxygens (including phenoxy) is 3. The van der Waals surface area contributed by atoms with Crippen molar-refractivity contribution in [2.75, 3.05) is 13.2 Å². The number of unbranched alkanes of at least 4 members (excludes halogenated alkanes) is 31. The number of rotatable bonds is 59. The molecule has 0 aliphatic carbocycles. The predicted molar refractivity (Wildman–Crippen MR) is 356 cm³/mol. The summed E-state index contributed by atoms with van der Waals surface area (Å²) in [4.78, 5) is 26.6. The standard InChI is InChI=1S/C74H129NO10/c1-4-7-10-13-16-19-22-25-27-29-31-32-33-34-35-37-38-40-43-46-49-52-55-58-61-67(78)73(82)75-65(66(77)60-57-54-51-48-45-42-24-21-18-15-12-9-6-3)64-83-74-72(71(81)70(80)68(63-76)84-74)85-69(79)62-59-56-53-50-47-44-41-39-36-30-28-26-23-20-17-14-11-8-5-2/h8,11,17,20,25-28,36,39,44,47,53,56-57,60,65-68,70-72,74,76-78,80-81H,4-7,9-10,12-16,18-19,21-24,29-35,37-38,40-43,45-46,48-52,54-55,58-59,61-64H2,1-3H3,(H,75,82)/b11-8-,20-17-,27-25+,28-26-,39-36-,47-44-,56-53-,60-57+. The zero-order chi connectivity index (χ0) is 61.7. The van der Waals surface area contributed by atoms with Crippen molar-refractivity contribution in [3.8, 4) is 0 Å². The second-order valence-electron chi connectivity index (χ2n) is 23.9.